The Morgan fingerprint density at radius 3 is 2.18 bits per heavy atom. The smallest absolute Gasteiger partial charge is 0.238 e. The van der Waals surface area contributed by atoms with Crippen LogP contribution in [-0.4, -0.2) is 24.5 Å². The van der Waals surface area contributed by atoms with Gasteiger partial charge in [0.15, 0.2) is 0 Å². The van der Waals surface area contributed by atoms with Gasteiger partial charge in [-0.2, -0.15) is 0 Å². The number of para-hydroxylation sites is 2. The van der Waals surface area contributed by atoms with Crippen molar-refractivity contribution in [3.8, 4) is 0 Å². The van der Waals surface area contributed by atoms with Gasteiger partial charge in [0.25, 0.3) is 0 Å². The molecule has 0 spiro atoms. The molecule has 0 saturated carbocycles. The van der Waals surface area contributed by atoms with Gasteiger partial charge in [-0.3, -0.25) is 4.79 Å². The van der Waals surface area contributed by atoms with Crippen molar-refractivity contribution in [2.24, 2.45) is 0 Å². The van der Waals surface area contributed by atoms with Crippen LogP contribution in [0.15, 0.2) is 24.3 Å². The van der Waals surface area contributed by atoms with Crippen molar-refractivity contribution in [3.63, 3.8) is 0 Å². The van der Waals surface area contributed by atoms with Gasteiger partial charge in [-0.25, -0.2) is 0 Å². The summed E-state index contributed by atoms with van der Waals surface area (Å²) in [5.74, 6) is -0.00881. The Labute approximate surface area is 135 Å². The SMILES string of the molecule is CCCC(CCC)Nc1ccccc1NC(=O)CNC(C)C. The van der Waals surface area contributed by atoms with Crippen molar-refractivity contribution >= 4 is 17.3 Å². The predicted molar refractivity (Wildman–Crippen MR) is 95.4 cm³/mol. The third-order valence-corrected chi connectivity index (χ3v) is 3.51. The quantitative estimate of drug-likeness (QED) is 0.612. The van der Waals surface area contributed by atoms with Crippen molar-refractivity contribution in [2.45, 2.75) is 65.5 Å². The van der Waals surface area contributed by atoms with Gasteiger partial charge in [0.05, 0.1) is 17.9 Å². The molecule has 0 aliphatic heterocycles. The first-order chi connectivity index (χ1) is 10.6. The number of amides is 1. The third-order valence-electron chi connectivity index (χ3n) is 3.51. The first kappa shape index (κ1) is 18.5. The fraction of sp³-hybridized carbons (Fsp3) is 0.611. The first-order valence-electron chi connectivity index (χ1n) is 8.45. The minimum Gasteiger partial charge on any atom is -0.381 e. The lowest BCUT2D eigenvalue weighted by Gasteiger charge is -2.21. The summed E-state index contributed by atoms with van der Waals surface area (Å²) in [6.07, 6.45) is 4.60. The van der Waals surface area contributed by atoms with Crippen molar-refractivity contribution in [2.75, 3.05) is 17.2 Å². The second-order valence-electron chi connectivity index (χ2n) is 6.05. The summed E-state index contributed by atoms with van der Waals surface area (Å²) in [7, 11) is 0. The molecule has 124 valence electrons. The summed E-state index contributed by atoms with van der Waals surface area (Å²) in [6.45, 7) is 8.80. The van der Waals surface area contributed by atoms with E-state index in [0.29, 0.717) is 18.6 Å². The average molecular weight is 305 g/mol. The highest BCUT2D eigenvalue weighted by Gasteiger charge is 2.11. The van der Waals surface area contributed by atoms with E-state index in [1.54, 1.807) is 0 Å². The highest BCUT2D eigenvalue weighted by atomic mass is 16.1. The first-order valence-corrected chi connectivity index (χ1v) is 8.45. The molecule has 0 unspecified atom stereocenters. The molecule has 0 radical (unpaired) electrons. The molecule has 3 N–H and O–H groups in total. The van der Waals surface area contributed by atoms with Gasteiger partial charge in [-0.15, -0.1) is 0 Å². The normalized spacial score (nSPS) is 11.0. The number of nitrogens with one attached hydrogen (secondary N) is 3. The third kappa shape index (κ3) is 6.94. The molecule has 0 aliphatic carbocycles. The Morgan fingerprint density at radius 2 is 1.64 bits per heavy atom. The molecule has 22 heavy (non-hydrogen) atoms. The molecule has 1 rings (SSSR count). The van der Waals surface area contributed by atoms with Crippen molar-refractivity contribution in [3.05, 3.63) is 24.3 Å². The standard InChI is InChI=1S/C18H31N3O/c1-5-9-15(10-6-2)20-16-11-7-8-12-17(16)21-18(22)13-19-14(3)4/h7-8,11-12,14-15,19-20H,5-6,9-10,13H2,1-4H3,(H,21,22). The maximum absolute atomic E-state index is 12.0. The van der Waals surface area contributed by atoms with E-state index in [4.69, 9.17) is 0 Å². The van der Waals surface area contributed by atoms with E-state index in [9.17, 15) is 4.79 Å². The number of carbonyl (C=O) groups excluding carboxylic acids is 1. The van der Waals surface area contributed by atoms with Gasteiger partial charge >= 0.3 is 0 Å². The van der Waals surface area contributed by atoms with Crippen molar-refractivity contribution in [1.82, 2.24) is 5.32 Å². The molecule has 1 aromatic rings. The lowest BCUT2D eigenvalue weighted by atomic mass is 10.1. The van der Waals surface area contributed by atoms with Crippen LogP contribution < -0.4 is 16.0 Å². The van der Waals surface area contributed by atoms with Crippen LogP contribution in [-0.2, 0) is 4.79 Å². The monoisotopic (exact) mass is 305 g/mol. The van der Waals surface area contributed by atoms with Crippen LogP contribution in [0.5, 0.6) is 0 Å². The summed E-state index contributed by atoms with van der Waals surface area (Å²) in [4.78, 5) is 12.0. The predicted octanol–water partition coefficient (Wildman–Crippen LogP) is 4.00. The lowest BCUT2D eigenvalue weighted by Crippen LogP contribution is -2.33. The van der Waals surface area contributed by atoms with E-state index in [0.717, 1.165) is 37.1 Å². The molecule has 0 fully saturated rings. The highest BCUT2D eigenvalue weighted by Crippen LogP contribution is 2.23. The van der Waals surface area contributed by atoms with Crippen LogP contribution >= 0.6 is 0 Å². The van der Waals surface area contributed by atoms with E-state index >= 15 is 0 Å². The van der Waals surface area contributed by atoms with E-state index in [1.807, 2.05) is 38.1 Å². The molecule has 0 heterocycles. The molecule has 1 amide bonds. The average Bonchev–Trinajstić information content (AvgIpc) is 2.48. The molecule has 0 aliphatic rings. The maximum atomic E-state index is 12.0. The van der Waals surface area contributed by atoms with Gasteiger partial charge in [0.1, 0.15) is 0 Å². The minimum atomic E-state index is -0.00881. The van der Waals surface area contributed by atoms with Crippen molar-refractivity contribution in [1.29, 1.82) is 0 Å². The van der Waals surface area contributed by atoms with E-state index < -0.39 is 0 Å². The van der Waals surface area contributed by atoms with E-state index in [2.05, 4.69) is 29.8 Å². The fourth-order valence-corrected chi connectivity index (χ4v) is 2.41. The molecule has 4 heteroatoms. The van der Waals surface area contributed by atoms with Gasteiger partial charge in [0.2, 0.25) is 5.91 Å². The number of benzene rings is 1. The Morgan fingerprint density at radius 1 is 1.05 bits per heavy atom. The van der Waals surface area contributed by atoms with E-state index in [-0.39, 0.29) is 5.91 Å². The zero-order chi connectivity index (χ0) is 16.4. The number of anilines is 2. The lowest BCUT2D eigenvalue weighted by molar-refractivity contribution is -0.115. The highest BCUT2D eigenvalue weighted by molar-refractivity contribution is 5.95. The maximum Gasteiger partial charge on any atom is 0.238 e. The van der Waals surface area contributed by atoms with Crippen LogP contribution in [0.2, 0.25) is 0 Å². The molecule has 4 nitrogen and oxygen atoms in total. The zero-order valence-electron chi connectivity index (χ0n) is 14.4. The second kappa shape index (κ2) is 10.2. The van der Waals surface area contributed by atoms with Crippen LogP contribution in [0.25, 0.3) is 0 Å². The molecular formula is C18H31N3O. The van der Waals surface area contributed by atoms with Gasteiger partial charge in [-0.05, 0) is 25.0 Å². The van der Waals surface area contributed by atoms with Gasteiger partial charge in [0, 0.05) is 12.1 Å². The summed E-state index contributed by atoms with van der Waals surface area (Å²) in [5, 5.41) is 9.71. The number of rotatable bonds is 10. The van der Waals surface area contributed by atoms with Crippen LogP contribution in [0.1, 0.15) is 53.4 Å². The summed E-state index contributed by atoms with van der Waals surface area (Å²) >= 11 is 0. The molecule has 1 aromatic carbocycles. The largest absolute Gasteiger partial charge is 0.381 e. The molecule has 0 saturated heterocycles. The van der Waals surface area contributed by atoms with Crippen LogP contribution in [0.3, 0.4) is 0 Å². The topological polar surface area (TPSA) is 53.2 Å². The van der Waals surface area contributed by atoms with E-state index in [1.165, 1.54) is 0 Å². The van der Waals surface area contributed by atoms with Crippen LogP contribution in [0, 0.1) is 0 Å². The Hall–Kier alpha value is -1.55. The molecular weight excluding hydrogens is 274 g/mol. The fourth-order valence-electron chi connectivity index (χ4n) is 2.41. The zero-order valence-corrected chi connectivity index (χ0v) is 14.4. The Kier molecular flexibility index (Phi) is 8.60. The van der Waals surface area contributed by atoms with Gasteiger partial charge < -0.3 is 16.0 Å². The summed E-state index contributed by atoms with van der Waals surface area (Å²) < 4.78 is 0. The number of hydrogen-bond acceptors (Lipinski definition) is 3. The molecule has 0 aromatic heterocycles. The minimum absolute atomic E-state index is 0.00881. The van der Waals surface area contributed by atoms with Crippen molar-refractivity contribution < 1.29 is 4.79 Å². The summed E-state index contributed by atoms with van der Waals surface area (Å²) in [6, 6.07) is 8.69. The Balaban J connectivity index is 2.69. The van der Waals surface area contributed by atoms with Gasteiger partial charge in [-0.1, -0.05) is 52.7 Å². The second-order valence-corrected chi connectivity index (χ2v) is 6.05. The Bertz CT molecular complexity index is 440. The van der Waals surface area contributed by atoms with Crippen LogP contribution in [0.4, 0.5) is 11.4 Å². The molecule has 0 bridgehead atoms. The number of hydrogen-bond donors (Lipinski definition) is 3. The molecule has 0 atom stereocenters. The summed E-state index contributed by atoms with van der Waals surface area (Å²) in [5.41, 5.74) is 1.86. The number of carbonyl (C=O) groups is 1.